The molecule has 30 heavy (non-hydrogen) atoms. The normalized spacial score (nSPS) is 29.7. The molecule has 4 aliphatic rings. The number of hydrogen-bond acceptors (Lipinski definition) is 3. The minimum Gasteiger partial charge on any atom is -0.340 e. The van der Waals surface area contributed by atoms with Gasteiger partial charge in [0.1, 0.15) is 0 Å². The Balaban J connectivity index is 1.47. The van der Waals surface area contributed by atoms with Gasteiger partial charge >= 0.3 is 0 Å². The molecule has 0 spiro atoms. The summed E-state index contributed by atoms with van der Waals surface area (Å²) in [6.45, 7) is 5.45. The SMILES string of the molecule is CC(C)Cn1nc(C(=O)N(C)CC23CC4CC(CC(C4)C2)C3)c2ccccc2c1=O. The van der Waals surface area contributed by atoms with Gasteiger partial charge in [0.05, 0.1) is 5.39 Å². The van der Waals surface area contributed by atoms with E-state index in [0.717, 1.165) is 24.3 Å². The van der Waals surface area contributed by atoms with E-state index in [0.29, 0.717) is 28.4 Å². The molecule has 6 rings (SSSR count). The first kappa shape index (κ1) is 19.8. The lowest BCUT2D eigenvalue weighted by atomic mass is 9.49. The second-order valence-electron chi connectivity index (χ2n) is 10.9. The smallest absolute Gasteiger partial charge is 0.274 e. The zero-order valence-corrected chi connectivity index (χ0v) is 18.4. The molecular weight excluding hydrogens is 374 g/mol. The fourth-order valence-corrected chi connectivity index (χ4v) is 7.10. The molecule has 5 heteroatoms. The number of benzene rings is 1. The predicted octanol–water partition coefficient (Wildman–Crippen LogP) is 4.34. The lowest BCUT2D eigenvalue weighted by Gasteiger charge is -2.57. The van der Waals surface area contributed by atoms with Crippen molar-refractivity contribution in [3.05, 3.63) is 40.3 Å². The zero-order valence-electron chi connectivity index (χ0n) is 18.4. The molecule has 4 fully saturated rings. The van der Waals surface area contributed by atoms with Crippen molar-refractivity contribution >= 4 is 16.7 Å². The molecule has 4 aliphatic carbocycles. The lowest BCUT2D eigenvalue weighted by molar-refractivity contribution is -0.0629. The third-order valence-electron chi connectivity index (χ3n) is 7.69. The maximum Gasteiger partial charge on any atom is 0.274 e. The van der Waals surface area contributed by atoms with Crippen LogP contribution in [0.2, 0.25) is 0 Å². The van der Waals surface area contributed by atoms with Crippen LogP contribution in [0.3, 0.4) is 0 Å². The highest BCUT2D eigenvalue weighted by atomic mass is 16.2. The highest BCUT2D eigenvalue weighted by Crippen LogP contribution is 2.60. The van der Waals surface area contributed by atoms with Crippen LogP contribution in [0.1, 0.15) is 62.9 Å². The van der Waals surface area contributed by atoms with Crippen molar-refractivity contribution in [2.75, 3.05) is 13.6 Å². The number of amides is 1. The Morgan fingerprint density at radius 1 is 1.10 bits per heavy atom. The standard InChI is InChI=1S/C25H33N3O2/c1-16(2)14-28-23(29)21-7-5-4-6-20(21)22(26-28)24(30)27(3)15-25-11-17-8-18(12-25)10-19(9-17)13-25/h4-7,16-19H,8-15H2,1-3H3. The first-order valence-corrected chi connectivity index (χ1v) is 11.6. The number of aromatic nitrogens is 2. The summed E-state index contributed by atoms with van der Waals surface area (Å²) in [5, 5.41) is 5.82. The van der Waals surface area contributed by atoms with Crippen molar-refractivity contribution < 1.29 is 4.79 Å². The first-order chi connectivity index (χ1) is 14.3. The summed E-state index contributed by atoms with van der Waals surface area (Å²) in [4.78, 5) is 28.4. The Morgan fingerprint density at radius 2 is 1.67 bits per heavy atom. The Bertz CT molecular complexity index is 1000. The molecule has 4 bridgehead atoms. The number of fused-ring (bicyclic) bond motifs is 1. The van der Waals surface area contributed by atoms with E-state index in [1.54, 1.807) is 0 Å². The van der Waals surface area contributed by atoms with Crippen LogP contribution in [0, 0.1) is 29.1 Å². The van der Waals surface area contributed by atoms with Gasteiger partial charge in [-0.2, -0.15) is 5.10 Å². The Kier molecular flexibility index (Phi) is 4.75. The molecule has 0 unspecified atom stereocenters. The largest absolute Gasteiger partial charge is 0.340 e. The Hall–Kier alpha value is -2.17. The molecule has 5 nitrogen and oxygen atoms in total. The van der Waals surface area contributed by atoms with Crippen LogP contribution in [0.5, 0.6) is 0 Å². The maximum atomic E-state index is 13.6. The van der Waals surface area contributed by atoms with Crippen molar-refractivity contribution in [2.45, 2.75) is 58.9 Å². The van der Waals surface area contributed by atoms with Gasteiger partial charge in [-0.1, -0.05) is 32.0 Å². The van der Waals surface area contributed by atoms with Crippen molar-refractivity contribution in [1.29, 1.82) is 0 Å². The summed E-state index contributed by atoms with van der Waals surface area (Å²) >= 11 is 0. The molecule has 1 aromatic heterocycles. The minimum absolute atomic E-state index is 0.0561. The number of nitrogens with zero attached hydrogens (tertiary/aromatic N) is 3. The van der Waals surface area contributed by atoms with E-state index in [2.05, 4.69) is 18.9 Å². The van der Waals surface area contributed by atoms with Crippen LogP contribution >= 0.6 is 0 Å². The second kappa shape index (κ2) is 7.21. The van der Waals surface area contributed by atoms with Gasteiger partial charge in [0.2, 0.25) is 0 Å². The molecule has 1 heterocycles. The predicted molar refractivity (Wildman–Crippen MR) is 118 cm³/mol. The lowest BCUT2D eigenvalue weighted by Crippen LogP contribution is -2.51. The molecule has 160 valence electrons. The Labute approximate surface area is 178 Å². The average Bonchev–Trinajstić information content (AvgIpc) is 2.68. The number of carbonyl (C=O) groups is 1. The van der Waals surface area contributed by atoms with E-state index < -0.39 is 0 Å². The van der Waals surface area contributed by atoms with Crippen LogP contribution in [0.15, 0.2) is 29.1 Å². The van der Waals surface area contributed by atoms with E-state index in [4.69, 9.17) is 0 Å². The number of hydrogen-bond donors (Lipinski definition) is 0. The van der Waals surface area contributed by atoms with E-state index in [1.807, 2.05) is 36.2 Å². The van der Waals surface area contributed by atoms with Crippen LogP contribution < -0.4 is 5.56 Å². The summed E-state index contributed by atoms with van der Waals surface area (Å²) in [5.41, 5.74) is 0.596. The van der Waals surface area contributed by atoms with Gasteiger partial charge < -0.3 is 4.90 Å². The van der Waals surface area contributed by atoms with Gasteiger partial charge in [-0.15, -0.1) is 0 Å². The Morgan fingerprint density at radius 3 is 2.23 bits per heavy atom. The summed E-state index contributed by atoms with van der Waals surface area (Å²) in [6, 6.07) is 7.41. The fraction of sp³-hybridized carbons (Fsp3) is 0.640. The molecule has 1 amide bonds. The molecule has 1 aromatic carbocycles. The monoisotopic (exact) mass is 407 g/mol. The topological polar surface area (TPSA) is 55.2 Å². The number of rotatable bonds is 5. The summed E-state index contributed by atoms with van der Waals surface area (Å²) in [6.07, 6.45) is 8.04. The van der Waals surface area contributed by atoms with E-state index >= 15 is 0 Å². The van der Waals surface area contributed by atoms with Gasteiger partial charge in [-0.05, 0) is 73.7 Å². The van der Waals surface area contributed by atoms with Crippen LogP contribution in [0.4, 0.5) is 0 Å². The summed E-state index contributed by atoms with van der Waals surface area (Å²) in [7, 11) is 1.93. The molecule has 0 atom stereocenters. The maximum absolute atomic E-state index is 13.6. The summed E-state index contributed by atoms with van der Waals surface area (Å²) in [5.74, 6) is 2.83. The third-order valence-corrected chi connectivity index (χ3v) is 7.69. The van der Waals surface area contributed by atoms with Crippen molar-refractivity contribution in [2.24, 2.45) is 29.1 Å². The van der Waals surface area contributed by atoms with Gasteiger partial charge in [0, 0.05) is 25.5 Å². The molecule has 0 N–H and O–H groups in total. The molecule has 0 saturated heterocycles. The van der Waals surface area contributed by atoms with Gasteiger partial charge in [-0.25, -0.2) is 4.68 Å². The van der Waals surface area contributed by atoms with Crippen molar-refractivity contribution in [3.8, 4) is 0 Å². The van der Waals surface area contributed by atoms with E-state index in [9.17, 15) is 9.59 Å². The summed E-state index contributed by atoms with van der Waals surface area (Å²) < 4.78 is 1.48. The van der Waals surface area contributed by atoms with Gasteiger partial charge in [0.15, 0.2) is 5.69 Å². The van der Waals surface area contributed by atoms with Crippen molar-refractivity contribution in [3.63, 3.8) is 0 Å². The van der Waals surface area contributed by atoms with Crippen LogP contribution in [-0.2, 0) is 6.54 Å². The average molecular weight is 408 g/mol. The van der Waals surface area contributed by atoms with E-state index in [-0.39, 0.29) is 17.4 Å². The quantitative estimate of drug-likeness (QED) is 0.741. The van der Waals surface area contributed by atoms with Gasteiger partial charge in [0.25, 0.3) is 11.5 Å². The highest BCUT2D eigenvalue weighted by molar-refractivity contribution is 6.04. The van der Waals surface area contributed by atoms with E-state index in [1.165, 1.54) is 43.2 Å². The fourth-order valence-electron chi connectivity index (χ4n) is 7.10. The molecular formula is C25H33N3O2. The molecule has 4 saturated carbocycles. The molecule has 2 aromatic rings. The van der Waals surface area contributed by atoms with Crippen molar-refractivity contribution in [1.82, 2.24) is 14.7 Å². The zero-order chi connectivity index (χ0) is 21.0. The van der Waals surface area contributed by atoms with Crippen LogP contribution in [0.25, 0.3) is 10.8 Å². The highest BCUT2D eigenvalue weighted by Gasteiger charge is 2.51. The second-order valence-corrected chi connectivity index (χ2v) is 10.9. The number of carbonyl (C=O) groups excluding carboxylic acids is 1. The molecule has 0 aliphatic heterocycles. The van der Waals surface area contributed by atoms with Gasteiger partial charge in [-0.3, -0.25) is 9.59 Å². The third kappa shape index (κ3) is 3.36. The molecule has 0 radical (unpaired) electrons. The minimum atomic E-state index is -0.111. The van der Waals surface area contributed by atoms with Crippen LogP contribution in [-0.4, -0.2) is 34.2 Å². The first-order valence-electron chi connectivity index (χ1n) is 11.6.